The van der Waals surface area contributed by atoms with Crippen LogP contribution in [0.1, 0.15) is 97.5 Å². The van der Waals surface area contributed by atoms with Crippen molar-refractivity contribution in [1.82, 2.24) is 19.9 Å². The van der Waals surface area contributed by atoms with Crippen LogP contribution in [0, 0.1) is 5.92 Å². The zero-order valence-electron chi connectivity index (χ0n) is 29.7. The summed E-state index contributed by atoms with van der Waals surface area (Å²) in [6, 6.07) is 24.7. The van der Waals surface area contributed by atoms with Crippen molar-refractivity contribution in [2.24, 2.45) is 13.0 Å². The van der Waals surface area contributed by atoms with E-state index in [0.717, 1.165) is 58.9 Å². The monoisotopic (exact) mass is 670 g/mol. The maximum absolute atomic E-state index is 14.1. The van der Waals surface area contributed by atoms with Crippen LogP contribution in [-0.4, -0.2) is 52.9 Å². The topological polar surface area (TPSA) is 92.2 Å². The van der Waals surface area contributed by atoms with Crippen LogP contribution in [0.4, 0.5) is 11.8 Å². The van der Waals surface area contributed by atoms with E-state index in [4.69, 9.17) is 9.97 Å². The molecule has 7 rings (SSSR count). The molecule has 0 bridgehead atoms. The van der Waals surface area contributed by atoms with Crippen LogP contribution < -0.4 is 15.5 Å². The van der Waals surface area contributed by atoms with Gasteiger partial charge in [0.15, 0.2) is 5.78 Å². The van der Waals surface area contributed by atoms with Crippen molar-refractivity contribution < 1.29 is 9.59 Å². The summed E-state index contributed by atoms with van der Waals surface area (Å²) < 4.78 is 2.06. The van der Waals surface area contributed by atoms with E-state index in [9.17, 15) is 9.59 Å². The Morgan fingerprint density at radius 2 is 1.54 bits per heavy atom. The molecule has 1 amide bonds. The third kappa shape index (κ3) is 7.40. The van der Waals surface area contributed by atoms with Crippen LogP contribution in [0.15, 0.2) is 79.0 Å². The number of hydrogen-bond acceptors (Lipinski definition) is 6. The van der Waals surface area contributed by atoms with E-state index in [2.05, 4.69) is 45.5 Å². The first-order chi connectivity index (χ1) is 24.3. The zero-order valence-corrected chi connectivity index (χ0v) is 29.7. The molecule has 1 atom stereocenters. The highest BCUT2D eigenvalue weighted by molar-refractivity contribution is 6.02. The number of rotatable bonds is 11. The standard InChI is InChI=1S/C42H50N6O2/c1-47(2)40-34-14-7-9-15-37(34)45-42(46-40)44-32-23-17-28(18-24-32)26-43-41(50)35(36-27-48(3)38-16-10-8-13-33(36)38)25-39(49)31-21-19-30(20-22-31)29-11-5-4-6-12-29/h7-10,13-16,19-22,27-29,32,35H,4-6,11-12,17-18,23-26H2,1-3H3,(H,43,50)(H,44,45,46)/t28-,32+,35?. The number of amides is 1. The number of anilines is 2. The average molecular weight is 671 g/mol. The number of nitrogens with zero attached hydrogens (tertiary/aromatic N) is 4. The average Bonchev–Trinajstić information content (AvgIpc) is 3.49. The third-order valence-electron chi connectivity index (χ3n) is 11.1. The zero-order chi connectivity index (χ0) is 34.6. The van der Waals surface area contributed by atoms with E-state index in [1.54, 1.807) is 0 Å². The number of ketones is 1. The van der Waals surface area contributed by atoms with Crippen LogP contribution >= 0.6 is 0 Å². The predicted octanol–water partition coefficient (Wildman–Crippen LogP) is 8.38. The Kier molecular flexibility index (Phi) is 10.2. The lowest BCUT2D eigenvalue weighted by Crippen LogP contribution is -2.37. The van der Waals surface area contributed by atoms with Crippen molar-refractivity contribution in [3.05, 3.63) is 95.7 Å². The molecule has 0 aliphatic heterocycles. The fourth-order valence-corrected chi connectivity index (χ4v) is 8.20. The first-order valence-electron chi connectivity index (χ1n) is 18.5. The molecule has 0 saturated heterocycles. The molecule has 0 spiro atoms. The quantitative estimate of drug-likeness (QED) is 0.137. The van der Waals surface area contributed by atoms with Crippen LogP contribution in [0.2, 0.25) is 0 Å². The number of carbonyl (C=O) groups is 2. The summed E-state index contributed by atoms with van der Waals surface area (Å²) in [5.41, 5.74) is 4.91. The number of hydrogen-bond donors (Lipinski definition) is 2. The van der Waals surface area contributed by atoms with Crippen molar-refractivity contribution in [2.75, 3.05) is 30.9 Å². The Hall–Kier alpha value is -4.72. The number of carbonyl (C=O) groups excluding carboxylic acids is 2. The van der Waals surface area contributed by atoms with Gasteiger partial charge in [-0.1, -0.05) is 73.9 Å². The maximum Gasteiger partial charge on any atom is 0.228 e. The summed E-state index contributed by atoms with van der Waals surface area (Å²) in [5.74, 6) is 1.91. The third-order valence-corrected chi connectivity index (χ3v) is 11.1. The van der Waals surface area contributed by atoms with Crippen LogP contribution in [-0.2, 0) is 11.8 Å². The highest BCUT2D eigenvalue weighted by Crippen LogP contribution is 2.35. The summed E-state index contributed by atoms with van der Waals surface area (Å²) in [6.45, 7) is 0.606. The largest absolute Gasteiger partial charge is 0.362 e. The van der Waals surface area contributed by atoms with Crippen molar-refractivity contribution in [2.45, 2.75) is 82.1 Å². The summed E-state index contributed by atoms with van der Waals surface area (Å²) in [5, 5.41) is 8.95. The molecule has 1 unspecified atom stereocenters. The van der Waals surface area contributed by atoms with Gasteiger partial charge in [-0.15, -0.1) is 0 Å². The van der Waals surface area contributed by atoms with Crippen LogP contribution in [0.5, 0.6) is 0 Å². The van der Waals surface area contributed by atoms with Gasteiger partial charge in [0.1, 0.15) is 5.82 Å². The van der Waals surface area contributed by atoms with E-state index in [-0.39, 0.29) is 24.2 Å². The fraction of sp³-hybridized carbons (Fsp3) is 0.429. The number of aryl methyl sites for hydroxylation is 1. The van der Waals surface area contributed by atoms with Gasteiger partial charge >= 0.3 is 0 Å². The number of nitrogens with one attached hydrogen (secondary N) is 2. The van der Waals surface area contributed by atoms with E-state index in [0.29, 0.717) is 29.9 Å². The van der Waals surface area contributed by atoms with Gasteiger partial charge in [-0.25, -0.2) is 4.98 Å². The smallest absolute Gasteiger partial charge is 0.228 e. The Balaban J connectivity index is 1.00. The predicted molar refractivity (Wildman–Crippen MR) is 203 cm³/mol. The molecule has 260 valence electrons. The van der Waals surface area contributed by atoms with Gasteiger partial charge in [-0.05, 0) is 79.7 Å². The van der Waals surface area contributed by atoms with Crippen molar-refractivity contribution in [1.29, 1.82) is 0 Å². The number of Topliss-reactive ketones (excluding diaryl/α,β-unsaturated/α-hetero) is 1. The highest BCUT2D eigenvalue weighted by atomic mass is 16.2. The number of fused-ring (bicyclic) bond motifs is 2. The molecule has 50 heavy (non-hydrogen) atoms. The van der Waals surface area contributed by atoms with Gasteiger partial charge < -0.3 is 20.1 Å². The number of para-hydroxylation sites is 2. The minimum absolute atomic E-state index is 0.00759. The molecule has 2 aliphatic rings. The lowest BCUT2D eigenvalue weighted by Gasteiger charge is -2.30. The molecule has 2 aromatic heterocycles. The molecule has 2 aliphatic carbocycles. The van der Waals surface area contributed by atoms with Crippen LogP contribution in [0.25, 0.3) is 21.8 Å². The van der Waals surface area contributed by atoms with E-state index >= 15 is 0 Å². The van der Waals surface area contributed by atoms with Gasteiger partial charge in [0.2, 0.25) is 11.9 Å². The minimum Gasteiger partial charge on any atom is -0.362 e. The summed E-state index contributed by atoms with van der Waals surface area (Å²) in [4.78, 5) is 39.5. The Bertz CT molecular complexity index is 1950. The van der Waals surface area contributed by atoms with Gasteiger partial charge in [0.05, 0.1) is 11.4 Å². The summed E-state index contributed by atoms with van der Waals surface area (Å²) >= 11 is 0. The molecule has 8 nitrogen and oxygen atoms in total. The van der Waals surface area contributed by atoms with Gasteiger partial charge in [0, 0.05) is 68.2 Å². The molecule has 2 N–H and O–H groups in total. The number of aromatic nitrogens is 3. The highest BCUT2D eigenvalue weighted by Gasteiger charge is 2.29. The molecular weight excluding hydrogens is 621 g/mol. The molecular formula is C42H50N6O2. The first-order valence-corrected chi connectivity index (χ1v) is 18.5. The van der Waals surface area contributed by atoms with Gasteiger partial charge in [0.25, 0.3) is 0 Å². The Morgan fingerprint density at radius 1 is 0.840 bits per heavy atom. The second kappa shape index (κ2) is 15.0. The van der Waals surface area contributed by atoms with Gasteiger partial charge in [-0.3, -0.25) is 9.59 Å². The van der Waals surface area contributed by atoms with E-state index in [1.165, 1.54) is 37.7 Å². The van der Waals surface area contributed by atoms with Crippen LogP contribution in [0.3, 0.4) is 0 Å². The van der Waals surface area contributed by atoms with E-state index < -0.39 is 5.92 Å². The Labute approximate surface area is 295 Å². The second-order valence-corrected chi connectivity index (χ2v) is 14.7. The lowest BCUT2D eigenvalue weighted by molar-refractivity contribution is -0.122. The first kappa shape index (κ1) is 33.8. The SMILES string of the molecule is CN(C)c1nc(N[C@H]2CC[C@@H](CNC(=O)C(CC(=O)c3ccc(C4CCCCC4)cc3)c3cn(C)c4ccccc34)CC2)nc2ccccc12. The summed E-state index contributed by atoms with van der Waals surface area (Å²) in [6.07, 6.45) is 12.5. The van der Waals surface area contributed by atoms with Crippen molar-refractivity contribution in [3.63, 3.8) is 0 Å². The molecule has 8 heteroatoms. The molecule has 5 aromatic rings. The molecule has 0 radical (unpaired) electrons. The van der Waals surface area contributed by atoms with E-state index in [1.807, 2.05) is 74.7 Å². The van der Waals surface area contributed by atoms with Gasteiger partial charge in [-0.2, -0.15) is 4.98 Å². The maximum atomic E-state index is 14.1. The minimum atomic E-state index is -0.569. The molecule has 2 heterocycles. The van der Waals surface area contributed by atoms with Crippen molar-refractivity contribution in [3.8, 4) is 0 Å². The lowest BCUT2D eigenvalue weighted by atomic mass is 9.83. The Morgan fingerprint density at radius 3 is 2.28 bits per heavy atom. The van der Waals surface area contributed by atoms with Crippen molar-refractivity contribution >= 4 is 45.3 Å². The summed E-state index contributed by atoms with van der Waals surface area (Å²) in [7, 11) is 6.02. The molecule has 2 saturated carbocycles. The number of benzene rings is 3. The normalized spacial score (nSPS) is 18.9. The molecule has 2 fully saturated rings. The second-order valence-electron chi connectivity index (χ2n) is 14.7. The molecule has 3 aromatic carbocycles. The fourth-order valence-electron chi connectivity index (χ4n) is 8.20.